The molecule has 0 heterocycles. The molecular formula is C20H20F2N2O2. The molecule has 0 radical (unpaired) electrons. The van der Waals surface area contributed by atoms with Gasteiger partial charge in [-0.1, -0.05) is 18.2 Å². The molecule has 1 unspecified atom stereocenters. The van der Waals surface area contributed by atoms with E-state index in [2.05, 4.69) is 5.32 Å². The predicted molar refractivity (Wildman–Crippen MR) is 94.8 cm³/mol. The van der Waals surface area contributed by atoms with Crippen LogP contribution in [-0.4, -0.2) is 18.9 Å². The van der Waals surface area contributed by atoms with Crippen LogP contribution in [0.2, 0.25) is 0 Å². The van der Waals surface area contributed by atoms with E-state index in [4.69, 9.17) is 0 Å². The van der Waals surface area contributed by atoms with E-state index in [-0.39, 0.29) is 17.4 Å². The first-order valence-electron chi connectivity index (χ1n) is 8.51. The van der Waals surface area contributed by atoms with Crippen LogP contribution in [0.5, 0.6) is 0 Å². The summed E-state index contributed by atoms with van der Waals surface area (Å²) < 4.78 is 27.0. The van der Waals surface area contributed by atoms with Crippen LogP contribution in [0.15, 0.2) is 42.5 Å². The summed E-state index contributed by atoms with van der Waals surface area (Å²) >= 11 is 0. The lowest BCUT2D eigenvalue weighted by Gasteiger charge is -2.22. The number of anilines is 1. The molecule has 2 aromatic rings. The molecule has 0 saturated heterocycles. The Morgan fingerprint density at radius 3 is 2.50 bits per heavy atom. The van der Waals surface area contributed by atoms with Gasteiger partial charge in [-0.2, -0.15) is 0 Å². The van der Waals surface area contributed by atoms with Crippen LogP contribution < -0.4 is 10.2 Å². The minimum absolute atomic E-state index is 0.0112. The molecule has 4 nitrogen and oxygen atoms in total. The van der Waals surface area contributed by atoms with Crippen molar-refractivity contribution in [1.82, 2.24) is 5.32 Å². The summed E-state index contributed by atoms with van der Waals surface area (Å²) in [7, 11) is 1.65. The molecule has 1 saturated carbocycles. The van der Waals surface area contributed by atoms with Gasteiger partial charge < -0.3 is 10.2 Å². The van der Waals surface area contributed by atoms with Gasteiger partial charge in [0.15, 0.2) is 0 Å². The van der Waals surface area contributed by atoms with E-state index in [0.29, 0.717) is 11.3 Å². The number of rotatable bonds is 5. The van der Waals surface area contributed by atoms with Crippen molar-refractivity contribution in [2.45, 2.75) is 25.8 Å². The fourth-order valence-electron chi connectivity index (χ4n) is 2.89. The highest BCUT2D eigenvalue weighted by molar-refractivity contribution is 6.05. The molecule has 136 valence electrons. The average Bonchev–Trinajstić information content (AvgIpc) is 3.45. The number of carbonyl (C=O) groups is 2. The summed E-state index contributed by atoms with van der Waals surface area (Å²) in [5, 5.41) is 2.71. The highest BCUT2D eigenvalue weighted by atomic mass is 19.1. The Kier molecular flexibility index (Phi) is 5.02. The van der Waals surface area contributed by atoms with Crippen molar-refractivity contribution in [1.29, 1.82) is 0 Å². The summed E-state index contributed by atoms with van der Waals surface area (Å²) in [5.74, 6) is -1.79. The van der Waals surface area contributed by atoms with Crippen LogP contribution in [0.3, 0.4) is 0 Å². The minimum atomic E-state index is -0.716. The molecule has 0 aliphatic heterocycles. The lowest BCUT2D eigenvalue weighted by molar-refractivity contribution is -0.119. The van der Waals surface area contributed by atoms with Crippen molar-refractivity contribution < 1.29 is 18.4 Å². The lowest BCUT2D eigenvalue weighted by atomic mass is 10.1. The summed E-state index contributed by atoms with van der Waals surface area (Å²) in [6.45, 7) is 1.62. The summed E-state index contributed by atoms with van der Waals surface area (Å²) in [4.78, 5) is 26.5. The molecule has 1 aliphatic carbocycles. The number of hydrogen-bond acceptors (Lipinski definition) is 2. The minimum Gasteiger partial charge on any atom is -0.345 e. The second kappa shape index (κ2) is 7.23. The second-order valence-corrected chi connectivity index (χ2v) is 6.55. The highest BCUT2D eigenvalue weighted by Crippen LogP contribution is 2.33. The van der Waals surface area contributed by atoms with E-state index < -0.39 is 23.6 Å². The van der Waals surface area contributed by atoms with E-state index in [1.807, 2.05) is 0 Å². The van der Waals surface area contributed by atoms with Gasteiger partial charge in [-0.15, -0.1) is 0 Å². The fraction of sp³-hybridized carbons (Fsp3) is 0.300. The number of benzene rings is 2. The third-order valence-electron chi connectivity index (χ3n) is 4.54. The zero-order chi connectivity index (χ0) is 18.8. The normalized spacial score (nSPS) is 14.6. The molecular weight excluding hydrogens is 338 g/mol. The maximum absolute atomic E-state index is 13.9. The smallest absolute Gasteiger partial charge is 0.253 e. The molecule has 2 amide bonds. The molecule has 2 aromatic carbocycles. The van der Waals surface area contributed by atoms with Crippen molar-refractivity contribution >= 4 is 17.5 Å². The van der Waals surface area contributed by atoms with Crippen LogP contribution >= 0.6 is 0 Å². The van der Waals surface area contributed by atoms with Gasteiger partial charge in [0.05, 0.1) is 17.3 Å². The Hall–Kier alpha value is -2.76. The molecule has 0 spiro atoms. The van der Waals surface area contributed by atoms with Gasteiger partial charge in [0.2, 0.25) is 5.91 Å². The van der Waals surface area contributed by atoms with Crippen LogP contribution in [-0.2, 0) is 4.79 Å². The maximum atomic E-state index is 13.9. The van der Waals surface area contributed by atoms with E-state index in [1.165, 1.54) is 11.0 Å². The van der Waals surface area contributed by atoms with Gasteiger partial charge in [-0.25, -0.2) is 8.78 Å². The van der Waals surface area contributed by atoms with Gasteiger partial charge in [-0.05, 0) is 38.0 Å². The van der Waals surface area contributed by atoms with Gasteiger partial charge in [0.1, 0.15) is 11.6 Å². The Bertz CT molecular complexity index is 849. The van der Waals surface area contributed by atoms with E-state index in [1.54, 1.807) is 38.2 Å². The Morgan fingerprint density at radius 1 is 1.15 bits per heavy atom. The lowest BCUT2D eigenvalue weighted by Crippen LogP contribution is -2.32. The largest absolute Gasteiger partial charge is 0.345 e. The standard InChI is InChI=1S/C20H20F2N2O2/c1-12(15-10-9-14(21)11-17(15)22)23-19(25)16-5-3-4-6-18(16)24(2)20(26)13-7-8-13/h3-6,9-13H,7-8H2,1-2H3,(H,23,25). The van der Waals surface area contributed by atoms with Crippen molar-refractivity contribution in [3.05, 3.63) is 65.2 Å². The van der Waals surface area contributed by atoms with Crippen LogP contribution in [0.1, 0.15) is 41.7 Å². The molecule has 1 N–H and O–H groups in total. The van der Waals surface area contributed by atoms with Crippen molar-refractivity contribution in [2.75, 3.05) is 11.9 Å². The molecule has 1 aliphatic rings. The first-order valence-corrected chi connectivity index (χ1v) is 8.51. The maximum Gasteiger partial charge on any atom is 0.253 e. The molecule has 0 aromatic heterocycles. The molecule has 3 rings (SSSR count). The fourth-order valence-corrected chi connectivity index (χ4v) is 2.89. The second-order valence-electron chi connectivity index (χ2n) is 6.55. The number of carbonyl (C=O) groups excluding carboxylic acids is 2. The quantitative estimate of drug-likeness (QED) is 0.883. The van der Waals surface area contributed by atoms with Gasteiger partial charge in [-0.3, -0.25) is 9.59 Å². The van der Waals surface area contributed by atoms with Crippen molar-refractivity contribution in [2.24, 2.45) is 5.92 Å². The predicted octanol–water partition coefficient (Wildman–Crippen LogP) is 3.83. The average molecular weight is 358 g/mol. The zero-order valence-electron chi connectivity index (χ0n) is 14.6. The third-order valence-corrected chi connectivity index (χ3v) is 4.54. The molecule has 0 bridgehead atoms. The number of nitrogens with zero attached hydrogens (tertiary/aromatic N) is 1. The summed E-state index contributed by atoms with van der Waals surface area (Å²) in [5.41, 5.74) is 1.03. The third kappa shape index (κ3) is 3.74. The van der Waals surface area contributed by atoms with E-state index in [9.17, 15) is 18.4 Å². The van der Waals surface area contributed by atoms with Gasteiger partial charge in [0.25, 0.3) is 5.91 Å². The van der Waals surface area contributed by atoms with Crippen LogP contribution in [0, 0.1) is 17.6 Å². The summed E-state index contributed by atoms with van der Waals surface area (Å²) in [6, 6.07) is 9.38. The topological polar surface area (TPSA) is 49.4 Å². The molecule has 6 heteroatoms. The number of hydrogen-bond donors (Lipinski definition) is 1. The molecule has 1 fully saturated rings. The Morgan fingerprint density at radius 2 is 1.85 bits per heavy atom. The number of para-hydroxylation sites is 1. The Balaban J connectivity index is 1.80. The van der Waals surface area contributed by atoms with Crippen molar-refractivity contribution in [3.8, 4) is 0 Å². The monoisotopic (exact) mass is 358 g/mol. The SMILES string of the molecule is CC(NC(=O)c1ccccc1N(C)C(=O)C1CC1)c1ccc(F)cc1F. The van der Waals surface area contributed by atoms with Crippen LogP contribution in [0.25, 0.3) is 0 Å². The number of amides is 2. The van der Waals surface area contributed by atoms with Gasteiger partial charge in [0, 0.05) is 24.6 Å². The molecule has 1 atom stereocenters. The van der Waals surface area contributed by atoms with Gasteiger partial charge >= 0.3 is 0 Å². The zero-order valence-corrected chi connectivity index (χ0v) is 14.6. The van der Waals surface area contributed by atoms with Crippen LogP contribution in [0.4, 0.5) is 14.5 Å². The van der Waals surface area contributed by atoms with E-state index >= 15 is 0 Å². The summed E-state index contributed by atoms with van der Waals surface area (Å²) in [6.07, 6.45) is 1.75. The van der Waals surface area contributed by atoms with E-state index in [0.717, 1.165) is 25.0 Å². The molecule has 26 heavy (non-hydrogen) atoms. The Labute approximate surface area is 150 Å². The van der Waals surface area contributed by atoms with Crippen molar-refractivity contribution in [3.63, 3.8) is 0 Å². The number of halogens is 2. The first kappa shape index (κ1) is 18.0. The number of nitrogens with one attached hydrogen (secondary N) is 1. The highest BCUT2D eigenvalue weighted by Gasteiger charge is 2.33. The first-order chi connectivity index (χ1) is 12.4.